The van der Waals surface area contributed by atoms with Gasteiger partial charge in [-0.1, -0.05) is 11.6 Å². The quantitative estimate of drug-likeness (QED) is 0.879. The second-order valence-corrected chi connectivity index (χ2v) is 4.39. The fourth-order valence-corrected chi connectivity index (χ4v) is 1.47. The van der Waals surface area contributed by atoms with Gasteiger partial charge in [0.15, 0.2) is 0 Å². The summed E-state index contributed by atoms with van der Waals surface area (Å²) in [6.45, 7) is 2.85. The van der Waals surface area contributed by atoms with E-state index >= 15 is 0 Å². The number of hydrogen-bond donors (Lipinski definition) is 1. The lowest BCUT2D eigenvalue weighted by molar-refractivity contribution is -0.114. The third-order valence-electron chi connectivity index (χ3n) is 2.05. The third-order valence-corrected chi connectivity index (χ3v) is 2.34. The number of amides is 1. The average molecular weight is 257 g/mol. The van der Waals surface area contributed by atoms with Gasteiger partial charge in [0, 0.05) is 19.2 Å². The maximum Gasteiger partial charge on any atom is 0.221 e. The van der Waals surface area contributed by atoms with Gasteiger partial charge in [0.25, 0.3) is 0 Å². The Morgan fingerprint density at radius 2 is 2.18 bits per heavy atom. The minimum Gasteiger partial charge on any atom is -0.491 e. The minimum atomic E-state index is -0.123. The number of likely N-dealkylation sites (N-methyl/N-ethyl adjacent to an activating group) is 1. The predicted octanol–water partition coefficient (Wildman–Crippen LogP) is 2.24. The Labute approximate surface area is 107 Å². The standard InChI is InChI=1S/C12H17ClN2O2/c1-9(16)14-10-4-5-12(11(13)8-10)17-7-6-15(2)3/h4-5,8H,6-7H2,1-3H3,(H,14,16). The molecule has 0 aliphatic rings. The van der Waals surface area contributed by atoms with Gasteiger partial charge in [-0.2, -0.15) is 0 Å². The van der Waals surface area contributed by atoms with E-state index in [0.717, 1.165) is 6.54 Å². The van der Waals surface area contributed by atoms with Crippen molar-refractivity contribution in [2.45, 2.75) is 6.92 Å². The summed E-state index contributed by atoms with van der Waals surface area (Å²) in [7, 11) is 3.95. The van der Waals surface area contributed by atoms with Gasteiger partial charge in [-0.3, -0.25) is 4.79 Å². The van der Waals surface area contributed by atoms with Crippen LogP contribution in [0.25, 0.3) is 0 Å². The van der Waals surface area contributed by atoms with Crippen LogP contribution in [0.1, 0.15) is 6.92 Å². The lowest BCUT2D eigenvalue weighted by Crippen LogP contribution is -2.19. The first-order valence-electron chi connectivity index (χ1n) is 5.33. The molecule has 0 aliphatic heterocycles. The van der Waals surface area contributed by atoms with Crippen LogP contribution in [0, 0.1) is 0 Å². The molecular formula is C12H17ClN2O2. The highest BCUT2D eigenvalue weighted by Crippen LogP contribution is 2.27. The number of ether oxygens (including phenoxy) is 1. The maximum atomic E-state index is 10.9. The van der Waals surface area contributed by atoms with Crippen molar-refractivity contribution in [1.29, 1.82) is 0 Å². The van der Waals surface area contributed by atoms with Gasteiger partial charge in [0.1, 0.15) is 12.4 Å². The van der Waals surface area contributed by atoms with E-state index in [-0.39, 0.29) is 5.91 Å². The van der Waals surface area contributed by atoms with Crippen LogP contribution >= 0.6 is 11.6 Å². The number of nitrogens with zero attached hydrogens (tertiary/aromatic N) is 1. The van der Waals surface area contributed by atoms with Crippen LogP contribution in [0.5, 0.6) is 5.75 Å². The van der Waals surface area contributed by atoms with E-state index < -0.39 is 0 Å². The van der Waals surface area contributed by atoms with Crippen LogP contribution in [-0.2, 0) is 4.79 Å². The molecule has 0 aliphatic carbocycles. The zero-order chi connectivity index (χ0) is 12.8. The zero-order valence-corrected chi connectivity index (χ0v) is 11.0. The SMILES string of the molecule is CC(=O)Nc1ccc(OCCN(C)C)c(Cl)c1. The second kappa shape index (κ2) is 6.47. The number of halogens is 1. The Balaban J connectivity index is 2.60. The summed E-state index contributed by atoms with van der Waals surface area (Å²) in [6.07, 6.45) is 0. The summed E-state index contributed by atoms with van der Waals surface area (Å²) in [6, 6.07) is 5.19. The number of carbonyl (C=O) groups is 1. The average Bonchev–Trinajstić information content (AvgIpc) is 2.20. The van der Waals surface area contributed by atoms with Crippen molar-refractivity contribution in [3.05, 3.63) is 23.2 Å². The first-order valence-corrected chi connectivity index (χ1v) is 5.71. The molecule has 0 heterocycles. The molecule has 1 rings (SSSR count). The lowest BCUT2D eigenvalue weighted by Gasteiger charge is -2.12. The van der Waals surface area contributed by atoms with Gasteiger partial charge in [-0.05, 0) is 32.3 Å². The number of benzene rings is 1. The molecule has 0 bridgehead atoms. The van der Waals surface area contributed by atoms with Gasteiger partial charge in [-0.15, -0.1) is 0 Å². The molecule has 0 atom stereocenters. The van der Waals surface area contributed by atoms with Crippen LogP contribution in [0.4, 0.5) is 5.69 Å². The predicted molar refractivity (Wildman–Crippen MR) is 69.8 cm³/mol. The van der Waals surface area contributed by atoms with E-state index in [1.807, 2.05) is 19.0 Å². The minimum absolute atomic E-state index is 0.123. The molecule has 94 valence electrons. The first-order chi connectivity index (χ1) is 7.99. The molecule has 17 heavy (non-hydrogen) atoms. The van der Waals surface area contributed by atoms with Gasteiger partial charge in [0.2, 0.25) is 5.91 Å². The lowest BCUT2D eigenvalue weighted by atomic mass is 10.3. The molecule has 0 unspecified atom stereocenters. The summed E-state index contributed by atoms with van der Waals surface area (Å²) in [5.41, 5.74) is 0.669. The number of hydrogen-bond acceptors (Lipinski definition) is 3. The van der Waals surface area contributed by atoms with Crippen LogP contribution < -0.4 is 10.1 Å². The molecule has 1 aromatic carbocycles. The summed E-state index contributed by atoms with van der Waals surface area (Å²) >= 11 is 6.04. The van der Waals surface area contributed by atoms with E-state index in [1.54, 1.807) is 18.2 Å². The number of nitrogens with one attached hydrogen (secondary N) is 1. The molecule has 0 spiro atoms. The summed E-state index contributed by atoms with van der Waals surface area (Å²) in [5, 5.41) is 3.16. The zero-order valence-electron chi connectivity index (χ0n) is 10.3. The van der Waals surface area contributed by atoms with Crippen molar-refractivity contribution < 1.29 is 9.53 Å². The molecule has 0 fully saturated rings. The van der Waals surface area contributed by atoms with E-state index in [0.29, 0.717) is 23.1 Å². The second-order valence-electron chi connectivity index (χ2n) is 3.98. The van der Waals surface area contributed by atoms with Gasteiger partial charge in [-0.25, -0.2) is 0 Å². The highest BCUT2D eigenvalue weighted by atomic mass is 35.5. The molecule has 5 heteroatoms. The van der Waals surface area contributed by atoms with Crippen LogP contribution in [0.3, 0.4) is 0 Å². The molecule has 4 nitrogen and oxygen atoms in total. The normalized spacial score (nSPS) is 10.4. The molecule has 1 aromatic rings. The van der Waals surface area contributed by atoms with Crippen molar-refractivity contribution in [2.75, 3.05) is 32.6 Å². The van der Waals surface area contributed by atoms with E-state index in [2.05, 4.69) is 5.32 Å². The molecule has 0 saturated carbocycles. The van der Waals surface area contributed by atoms with Crippen LogP contribution in [0.2, 0.25) is 5.02 Å². The van der Waals surface area contributed by atoms with E-state index in [1.165, 1.54) is 6.92 Å². The Bertz CT molecular complexity index is 394. The highest BCUT2D eigenvalue weighted by Gasteiger charge is 2.04. The largest absolute Gasteiger partial charge is 0.491 e. The summed E-state index contributed by atoms with van der Waals surface area (Å²) < 4.78 is 5.52. The van der Waals surface area contributed by atoms with Crippen LogP contribution in [0.15, 0.2) is 18.2 Å². The molecule has 0 radical (unpaired) electrons. The van der Waals surface area contributed by atoms with Crippen molar-refractivity contribution in [3.63, 3.8) is 0 Å². The van der Waals surface area contributed by atoms with Crippen molar-refractivity contribution in [2.24, 2.45) is 0 Å². The Morgan fingerprint density at radius 1 is 1.47 bits per heavy atom. The molecule has 0 aromatic heterocycles. The monoisotopic (exact) mass is 256 g/mol. The molecule has 1 amide bonds. The summed E-state index contributed by atoms with van der Waals surface area (Å²) in [5.74, 6) is 0.505. The van der Waals surface area contributed by atoms with Crippen molar-refractivity contribution >= 4 is 23.2 Å². The van der Waals surface area contributed by atoms with Gasteiger partial charge >= 0.3 is 0 Å². The van der Waals surface area contributed by atoms with Crippen molar-refractivity contribution in [3.8, 4) is 5.75 Å². The van der Waals surface area contributed by atoms with Crippen molar-refractivity contribution in [1.82, 2.24) is 4.90 Å². The topological polar surface area (TPSA) is 41.6 Å². The molecular weight excluding hydrogens is 240 g/mol. The smallest absolute Gasteiger partial charge is 0.221 e. The maximum absolute atomic E-state index is 10.9. The third kappa shape index (κ3) is 5.06. The first kappa shape index (κ1) is 13.8. The molecule has 0 saturated heterocycles. The highest BCUT2D eigenvalue weighted by molar-refractivity contribution is 6.32. The fraction of sp³-hybridized carbons (Fsp3) is 0.417. The van der Waals surface area contributed by atoms with E-state index in [9.17, 15) is 4.79 Å². The Morgan fingerprint density at radius 3 is 2.71 bits per heavy atom. The van der Waals surface area contributed by atoms with Gasteiger partial charge in [0.05, 0.1) is 5.02 Å². The number of rotatable bonds is 5. The Kier molecular flexibility index (Phi) is 5.25. The number of carbonyl (C=O) groups excluding carboxylic acids is 1. The van der Waals surface area contributed by atoms with Gasteiger partial charge < -0.3 is 15.0 Å². The van der Waals surface area contributed by atoms with Crippen LogP contribution in [-0.4, -0.2) is 38.1 Å². The summed E-state index contributed by atoms with van der Waals surface area (Å²) in [4.78, 5) is 12.9. The number of anilines is 1. The van der Waals surface area contributed by atoms with E-state index in [4.69, 9.17) is 16.3 Å². The molecule has 1 N–H and O–H groups in total. The fourth-order valence-electron chi connectivity index (χ4n) is 1.24. The Hall–Kier alpha value is -1.26.